The second-order valence-electron chi connectivity index (χ2n) is 6.26. The van der Waals surface area contributed by atoms with Crippen LogP contribution in [0.15, 0.2) is 16.9 Å². The van der Waals surface area contributed by atoms with Crippen LogP contribution in [0.3, 0.4) is 0 Å². The van der Waals surface area contributed by atoms with Crippen LogP contribution in [0.2, 0.25) is 0 Å². The smallest absolute Gasteiger partial charge is 0.352 e. The molecule has 2 bridgehead atoms. The zero-order valence-corrected chi connectivity index (χ0v) is 11.9. The molecular weight excluding hydrogens is 297 g/mol. The average Bonchev–Trinajstić information content (AvgIpc) is 3.06. The lowest BCUT2D eigenvalue weighted by Crippen LogP contribution is -2.35. The molecule has 1 aromatic rings. The first-order valence-electron chi connectivity index (χ1n) is 7.43. The Kier molecular flexibility index (Phi) is 3.74. The number of aromatic amines is 1. The van der Waals surface area contributed by atoms with Gasteiger partial charge in [-0.2, -0.15) is 13.2 Å². The van der Waals surface area contributed by atoms with Crippen LogP contribution in [0, 0.1) is 17.8 Å². The van der Waals surface area contributed by atoms with E-state index in [1.807, 2.05) is 0 Å². The summed E-state index contributed by atoms with van der Waals surface area (Å²) in [6.45, 7) is 0.487. The number of fused-ring (bicyclic) bond motifs is 2. The molecule has 3 rings (SSSR count). The number of amides is 1. The molecule has 2 aliphatic carbocycles. The molecule has 1 aromatic heterocycles. The summed E-state index contributed by atoms with van der Waals surface area (Å²) in [5.74, 6) is 1.20. The molecule has 0 spiro atoms. The van der Waals surface area contributed by atoms with E-state index in [0.717, 1.165) is 18.4 Å². The van der Waals surface area contributed by atoms with Gasteiger partial charge in [-0.3, -0.25) is 9.59 Å². The Labute approximate surface area is 125 Å². The highest BCUT2D eigenvalue weighted by atomic mass is 19.4. The maximum atomic E-state index is 12.5. The van der Waals surface area contributed by atoms with Gasteiger partial charge in [-0.15, -0.1) is 0 Å². The van der Waals surface area contributed by atoms with Crippen LogP contribution in [0.4, 0.5) is 13.2 Å². The topological polar surface area (TPSA) is 62.0 Å². The van der Waals surface area contributed by atoms with E-state index in [1.54, 1.807) is 4.98 Å². The van der Waals surface area contributed by atoms with Gasteiger partial charge in [0.1, 0.15) is 11.3 Å². The Morgan fingerprint density at radius 1 is 1.27 bits per heavy atom. The Balaban J connectivity index is 1.64. The van der Waals surface area contributed by atoms with Crippen LogP contribution in [0.5, 0.6) is 0 Å². The lowest BCUT2D eigenvalue weighted by atomic mass is 9.89. The van der Waals surface area contributed by atoms with Crippen molar-refractivity contribution in [3.8, 4) is 0 Å². The maximum Gasteiger partial charge on any atom is 0.431 e. The summed E-state index contributed by atoms with van der Waals surface area (Å²) in [6, 6.07) is 1.64. The van der Waals surface area contributed by atoms with Crippen molar-refractivity contribution >= 4 is 5.91 Å². The highest BCUT2D eigenvalue weighted by molar-refractivity contribution is 5.93. The van der Waals surface area contributed by atoms with E-state index in [1.165, 1.54) is 19.3 Å². The van der Waals surface area contributed by atoms with Gasteiger partial charge < -0.3 is 10.3 Å². The van der Waals surface area contributed by atoms with Crippen LogP contribution in [0.25, 0.3) is 0 Å². The van der Waals surface area contributed by atoms with Crippen LogP contribution in [-0.4, -0.2) is 17.4 Å². The number of pyridine rings is 1. The predicted molar refractivity (Wildman–Crippen MR) is 73.3 cm³/mol. The maximum absolute atomic E-state index is 12.5. The van der Waals surface area contributed by atoms with Crippen LogP contribution < -0.4 is 10.9 Å². The highest BCUT2D eigenvalue weighted by Crippen LogP contribution is 2.47. The molecule has 7 heteroatoms. The predicted octanol–water partition coefficient (Wildman–Crippen LogP) is 2.56. The van der Waals surface area contributed by atoms with Gasteiger partial charge >= 0.3 is 6.18 Å². The van der Waals surface area contributed by atoms with Gasteiger partial charge in [0, 0.05) is 6.54 Å². The summed E-state index contributed by atoms with van der Waals surface area (Å²) < 4.78 is 37.4. The summed E-state index contributed by atoms with van der Waals surface area (Å²) in [7, 11) is 0. The van der Waals surface area contributed by atoms with E-state index in [0.29, 0.717) is 24.4 Å². The second kappa shape index (κ2) is 5.44. The van der Waals surface area contributed by atoms with Gasteiger partial charge in [-0.1, -0.05) is 6.42 Å². The minimum atomic E-state index is -4.63. The number of halogens is 3. The third kappa shape index (κ3) is 2.89. The Bertz CT molecular complexity index is 638. The zero-order chi connectivity index (χ0) is 15.9. The number of aromatic nitrogens is 1. The molecule has 2 N–H and O–H groups in total. The molecule has 2 saturated carbocycles. The molecule has 0 aliphatic heterocycles. The van der Waals surface area contributed by atoms with Crippen LogP contribution >= 0.6 is 0 Å². The minimum Gasteiger partial charge on any atom is -0.352 e. The summed E-state index contributed by atoms with van der Waals surface area (Å²) in [6.07, 6.45) is 0.118. The normalized spacial score (nSPS) is 27.1. The second-order valence-corrected chi connectivity index (χ2v) is 6.26. The molecule has 1 heterocycles. The van der Waals surface area contributed by atoms with E-state index in [2.05, 4.69) is 5.32 Å². The molecule has 22 heavy (non-hydrogen) atoms. The SMILES string of the molecule is O=C(NC[C@H]1C[C@H]2CC[C@H]1C2)c1ccc(C(F)(F)F)[nH]c1=O. The molecule has 120 valence electrons. The van der Waals surface area contributed by atoms with Gasteiger partial charge in [0.05, 0.1) is 0 Å². The first kappa shape index (κ1) is 15.1. The third-order valence-electron chi connectivity index (χ3n) is 4.87. The van der Waals surface area contributed by atoms with Gasteiger partial charge in [0.15, 0.2) is 0 Å². The zero-order valence-electron chi connectivity index (χ0n) is 11.9. The van der Waals surface area contributed by atoms with E-state index in [4.69, 9.17) is 0 Å². The molecular formula is C15H17F3N2O2. The molecule has 1 amide bonds. The quantitative estimate of drug-likeness (QED) is 0.901. The molecule has 0 unspecified atom stereocenters. The molecule has 2 aliphatic rings. The van der Waals surface area contributed by atoms with Crippen molar-refractivity contribution in [1.82, 2.24) is 10.3 Å². The molecule has 0 aromatic carbocycles. The molecule has 4 nitrogen and oxygen atoms in total. The molecule has 0 saturated heterocycles. The number of rotatable bonds is 3. The van der Waals surface area contributed by atoms with E-state index in [-0.39, 0.29) is 5.56 Å². The number of hydrogen-bond acceptors (Lipinski definition) is 2. The Morgan fingerprint density at radius 2 is 2.05 bits per heavy atom. The van der Waals surface area contributed by atoms with E-state index < -0.39 is 23.3 Å². The van der Waals surface area contributed by atoms with E-state index >= 15 is 0 Å². The van der Waals surface area contributed by atoms with Crippen molar-refractivity contribution in [3.05, 3.63) is 33.7 Å². The minimum absolute atomic E-state index is 0.281. The van der Waals surface area contributed by atoms with Crippen molar-refractivity contribution < 1.29 is 18.0 Å². The fourth-order valence-corrected chi connectivity index (χ4v) is 3.76. The first-order valence-corrected chi connectivity index (χ1v) is 7.43. The average molecular weight is 314 g/mol. The molecule has 0 radical (unpaired) electrons. The van der Waals surface area contributed by atoms with Crippen LogP contribution in [0.1, 0.15) is 41.7 Å². The van der Waals surface area contributed by atoms with Crippen molar-refractivity contribution in [2.75, 3.05) is 6.54 Å². The van der Waals surface area contributed by atoms with Crippen molar-refractivity contribution in [1.29, 1.82) is 0 Å². The number of hydrogen-bond donors (Lipinski definition) is 2. The van der Waals surface area contributed by atoms with Gasteiger partial charge in [-0.05, 0) is 49.1 Å². The number of H-pyrrole nitrogens is 1. The fourth-order valence-electron chi connectivity index (χ4n) is 3.76. The van der Waals surface area contributed by atoms with Gasteiger partial charge in [0.2, 0.25) is 0 Å². The summed E-state index contributed by atoms with van der Waals surface area (Å²) in [4.78, 5) is 25.3. The Morgan fingerprint density at radius 3 is 2.59 bits per heavy atom. The van der Waals surface area contributed by atoms with Crippen molar-refractivity contribution in [2.45, 2.75) is 31.9 Å². The number of carbonyl (C=O) groups is 1. The van der Waals surface area contributed by atoms with E-state index in [9.17, 15) is 22.8 Å². The fraction of sp³-hybridized carbons (Fsp3) is 0.600. The summed E-state index contributed by atoms with van der Waals surface area (Å²) in [5, 5.41) is 2.68. The van der Waals surface area contributed by atoms with Crippen molar-refractivity contribution in [2.24, 2.45) is 17.8 Å². The summed E-state index contributed by atoms with van der Waals surface area (Å²) >= 11 is 0. The largest absolute Gasteiger partial charge is 0.431 e. The van der Waals surface area contributed by atoms with Crippen LogP contribution in [-0.2, 0) is 6.18 Å². The Hall–Kier alpha value is -1.79. The summed E-state index contributed by atoms with van der Waals surface area (Å²) in [5.41, 5.74) is -2.45. The number of nitrogens with one attached hydrogen (secondary N) is 2. The monoisotopic (exact) mass is 314 g/mol. The van der Waals surface area contributed by atoms with Gasteiger partial charge in [0.25, 0.3) is 11.5 Å². The van der Waals surface area contributed by atoms with Crippen molar-refractivity contribution in [3.63, 3.8) is 0 Å². The third-order valence-corrected chi connectivity index (χ3v) is 4.87. The lowest BCUT2D eigenvalue weighted by Gasteiger charge is -2.21. The first-order chi connectivity index (χ1) is 10.3. The standard InChI is InChI=1S/C15H17F3N2O2/c16-15(17,18)12-4-3-11(14(22)20-12)13(21)19-7-10-6-8-1-2-9(10)5-8/h3-4,8-10H,1-2,5-7H2,(H,19,21)(H,20,22)/t8-,9-,10+/m0/s1. The molecule has 2 fully saturated rings. The lowest BCUT2D eigenvalue weighted by molar-refractivity contribution is -0.141. The number of carbonyl (C=O) groups excluding carboxylic acids is 1. The number of alkyl halides is 3. The van der Waals surface area contributed by atoms with Gasteiger partial charge in [-0.25, -0.2) is 0 Å². The highest BCUT2D eigenvalue weighted by Gasteiger charge is 2.39. The molecule has 3 atom stereocenters.